The number of fused-ring (bicyclic) bond motifs is 1. The SMILES string of the molecule is CCCn1nccc1C(=O)Nc1nc2ccc(S(C)(=O)=O)cc2s1. The van der Waals surface area contributed by atoms with Gasteiger partial charge in [0, 0.05) is 19.0 Å². The monoisotopic (exact) mass is 364 g/mol. The average Bonchev–Trinajstić information content (AvgIpc) is 3.11. The molecular weight excluding hydrogens is 348 g/mol. The van der Waals surface area contributed by atoms with Gasteiger partial charge in [0.25, 0.3) is 5.91 Å². The molecule has 0 aliphatic rings. The Bertz CT molecular complexity index is 1000. The van der Waals surface area contributed by atoms with Gasteiger partial charge in [-0.2, -0.15) is 5.10 Å². The molecule has 0 saturated carbocycles. The first-order valence-corrected chi connectivity index (χ1v) is 10.0. The van der Waals surface area contributed by atoms with E-state index in [1.807, 2.05) is 6.92 Å². The molecule has 0 atom stereocenters. The molecule has 2 heterocycles. The third kappa shape index (κ3) is 3.31. The lowest BCUT2D eigenvalue weighted by Gasteiger charge is -2.05. The van der Waals surface area contributed by atoms with Gasteiger partial charge in [0.2, 0.25) is 0 Å². The minimum Gasteiger partial charge on any atom is -0.296 e. The van der Waals surface area contributed by atoms with E-state index in [0.717, 1.165) is 12.7 Å². The number of anilines is 1. The molecule has 1 N–H and O–H groups in total. The maximum atomic E-state index is 12.4. The van der Waals surface area contributed by atoms with Gasteiger partial charge in [-0.15, -0.1) is 0 Å². The van der Waals surface area contributed by atoms with Crippen LogP contribution >= 0.6 is 11.3 Å². The van der Waals surface area contributed by atoms with E-state index in [1.165, 1.54) is 17.4 Å². The number of sulfone groups is 1. The van der Waals surface area contributed by atoms with Gasteiger partial charge < -0.3 is 0 Å². The number of carbonyl (C=O) groups is 1. The van der Waals surface area contributed by atoms with Crippen LogP contribution in [0.5, 0.6) is 0 Å². The molecule has 9 heteroatoms. The molecule has 126 valence electrons. The molecule has 0 bridgehead atoms. The van der Waals surface area contributed by atoms with E-state index < -0.39 is 9.84 Å². The topological polar surface area (TPSA) is 93.9 Å². The zero-order valence-electron chi connectivity index (χ0n) is 13.2. The van der Waals surface area contributed by atoms with Crippen molar-refractivity contribution in [2.24, 2.45) is 0 Å². The van der Waals surface area contributed by atoms with Crippen molar-refractivity contribution in [1.29, 1.82) is 0 Å². The van der Waals surface area contributed by atoms with Crippen molar-refractivity contribution in [2.75, 3.05) is 11.6 Å². The van der Waals surface area contributed by atoms with Crippen LogP contribution in [0.2, 0.25) is 0 Å². The summed E-state index contributed by atoms with van der Waals surface area (Å²) in [5.74, 6) is -0.289. The third-order valence-electron chi connectivity index (χ3n) is 3.39. The fraction of sp³-hybridized carbons (Fsp3) is 0.267. The first-order valence-electron chi connectivity index (χ1n) is 7.32. The van der Waals surface area contributed by atoms with Gasteiger partial charge >= 0.3 is 0 Å². The highest BCUT2D eigenvalue weighted by molar-refractivity contribution is 7.90. The Hall–Kier alpha value is -2.26. The Morgan fingerprint density at radius 1 is 1.33 bits per heavy atom. The highest BCUT2D eigenvalue weighted by atomic mass is 32.2. The summed E-state index contributed by atoms with van der Waals surface area (Å²) < 4.78 is 25.6. The van der Waals surface area contributed by atoms with Crippen molar-refractivity contribution in [3.8, 4) is 0 Å². The fourth-order valence-electron chi connectivity index (χ4n) is 2.27. The number of nitrogens with one attached hydrogen (secondary N) is 1. The molecule has 0 aliphatic carbocycles. The van der Waals surface area contributed by atoms with E-state index in [-0.39, 0.29) is 10.8 Å². The summed E-state index contributed by atoms with van der Waals surface area (Å²) >= 11 is 1.24. The first-order chi connectivity index (χ1) is 11.4. The molecule has 3 aromatic rings. The van der Waals surface area contributed by atoms with E-state index in [9.17, 15) is 13.2 Å². The van der Waals surface area contributed by atoms with Gasteiger partial charge in [-0.05, 0) is 30.7 Å². The maximum Gasteiger partial charge on any atom is 0.275 e. The summed E-state index contributed by atoms with van der Waals surface area (Å²) in [6.45, 7) is 2.67. The molecule has 0 saturated heterocycles. The van der Waals surface area contributed by atoms with Crippen molar-refractivity contribution in [1.82, 2.24) is 14.8 Å². The van der Waals surface area contributed by atoms with Gasteiger partial charge in [0.15, 0.2) is 15.0 Å². The number of amides is 1. The molecule has 7 nitrogen and oxygen atoms in total. The number of carbonyl (C=O) groups excluding carboxylic acids is 1. The van der Waals surface area contributed by atoms with Gasteiger partial charge in [-0.25, -0.2) is 13.4 Å². The normalized spacial score (nSPS) is 11.8. The van der Waals surface area contributed by atoms with Crippen molar-refractivity contribution < 1.29 is 13.2 Å². The summed E-state index contributed by atoms with van der Waals surface area (Å²) in [5, 5.41) is 7.29. The van der Waals surface area contributed by atoms with Crippen LogP contribution in [0.15, 0.2) is 35.4 Å². The summed E-state index contributed by atoms with van der Waals surface area (Å²) in [7, 11) is -3.28. The maximum absolute atomic E-state index is 12.4. The Kier molecular flexibility index (Phi) is 4.37. The largest absolute Gasteiger partial charge is 0.296 e. The quantitative estimate of drug-likeness (QED) is 0.751. The zero-order chi connectivity index (χ0) is 17.3. The van der Waals surface area contributed by atoms with Crippen LogP contribution < -0.4 is 5.32 Å². The number of rotatable bonds is 5. The van der Waals surface area contributed by atoms with Gasteiger partial charge in [0.1, 0.15) is 5.69 Å². The van der Waals surface area contributed by atoms with Gasteiger partial charge in [-0.3, -0.25) is 14.8 Å². The zero-order valence-corrected chi connectivity index (χ0v) is 14.8. The van der Waals surface area contributed by atoms with E-state index >= 15 is 0 Å². The predicted octanol–water partition coefficient (Wildman–Crippen LogP) is 2.56. The molecule has 1 amide bonds. The van der Waals surface area contributed by atoms with Crippen LogP contribution in [-0.4, -0.2) is 35.3 Å². The lowest BCUT2D eigenvalue weighted by molar-refractivity contribution is 0.101. The standard InChI is InChI=1S/C15H16N4O3S2/c1-3-8-19-12(6-7-16-19)14(20)18-15-17-11-5-4-10(24(2,21)22)9-13(11)23-15/h4-7,9H,3,8H2,1-2H3,(H,17,18,20). The second-order valence-electron chi connectivity index (χ2n) is 5.31. The average molecular weight is 364 g/mol. The molecule has 2 aromatic heterocycles. The van der Waals surface area contributed by atoms with Crippen LogP contribution in [0.25, 0.3) is 10.2 Å². The van der Waals surface area contributed by atoms with Crippen LogP contribution in [0.3, 0.4) is 0 Å². The number of aryl methyl sites for hydroxylation is 1. The minimum absolute atomic E-state index is 0.234. The molecule has 0 aliphatic heterocycles. The molecule has 24 heavy (non-hydrogen) atoms. The second-order valence-corrected chi connectivity index (χ2v) is 8.36. The molecule has 3 rings (SSSR count). The van der Waals surface area contributed by atoms with Crippen molar-refractivity contribution in [3.63, 3.8) is 0 Å². The Labute approximate surface area is 143 Å². The number of benzene rings is 1. The Balaban J connectivity index is 1.87. The molecule has 0 fully saturated rings. The highest BCUT2D eigenvalue weighted by Gasteiger charge is 2.15. The number of nitrogens with zero attached hydrogens (tertiary/aromatic N) is 3. The fourth-order valence-corrected chi connectivity index (χ4v) is 3.89. The van der Waals surface area contributed by atoms with Crippen LogP contribution in [-0.2, 0) is 16.4 Å². The summed E-state index contributed by atoms with van der Waals surface area (Å²) in [5.41, 5.74) is 1.11. The lowest BCUT2D eigenvalue weighted by Crippen LogP contribution is -2.17. The minimum atomic E-state index is -3.28. The van der Waals surface area contributed by atoms with Gasteiger partial charge in [0.05, 0.1) is 15.1 Å². The van der Waals surface area contributed by atoms with E-state index in [1.54, 1.807) is 29.1 Å². The summed E-state index contributed by atoms with van der Waals surface area (Å²) in [4.78, 5) is 16.9. The molecule has 0 spiro atoms. The van der Waals surface area contributed by atoms with Crippen LogP contribution in [0, 0.1) is 0 Å². The molecular formula is C15H16N4O3S2. The number of hydrogen-bond acceptors (Lipinski definition) is 6. The predicted molar refractivity (Wildman–Crippen MR) is 93.2 cm³/mol. The molecule has 1 aromatic carbocycles. The Morgan fingerprint density at radius 3 is 2.83 bits per heavy atom. The van der Waals surface area contributed by atoms with E-state index in [4.69, 9.17) is 0 Å². The van der Waals surface area contributed by atoms with Crippen LogP contribution in [0.4, 0.5) is 5.13 Å². The van der Waals surface area contributed by atoms with E-state index in [2.05, 4.69) is 15.4 Å². The Morgan fingerprint density at radius 2 is 2.12 bits per heavy atom. The van der Waals surface area contributed by atoms with Crippen molar-refractivity contribution >= 4 is 42.4 Å². The second kappa shape index (κ2) is 6.33. The summed E-state index contributed by atoms with van der Waals surface area (Å²) in [6.07, 6.45) is 3.62. The molecule has 0 unspecified atom stereocenters. The first kappa shape index (κ1) is 16.6. The number of aromatic nitrogens is 3. The van der Waals surface area contributed by atoms with Crippen molar-refractivity contribution in [3.05, 3.63) is 36.2 Å². The smallest absolute Gasteiger partial charge is 0.275 e. The van der Waals surface area contributed by atoms with Crippen LogP contribution in [0.1, 0.15) is 23.8 Å². The van der Waals surface area contributed by atoms with E-state index in [0.29, 0.717) is 27.6 Å². The molecule has 0 radical (unpaired) electrons. The van der Waals surface area contributed by atoms with Crippen molar-refractivity contribution in [2.45, 2.75) is 24.8 Å². The lowest BCUT2D eigenvalue weighted by atomic mass is 10.3. The summed E-state index contributed by atoms with van der Waals surface area (Å²) in [6, 6.07) is 6.37. The number of hydrogen-bond donors (Lipinski definition) is 1. The van der Waals surface area contributed by atoms with Gasteiger partial charge in [-0.1, -0.05) is 18.3 Å². The highest BCUT2D eigenvalue weighted by Crippen LogP contribution is 2.28. The third-order valence-corrected chi connectivity index (χ3v) is 5.44. The number of thiazole rings is 1.